The van der Waals surface area contributed by atoms with E-state index in [0.717, 1.165) is 32.8 Å². The van der Waals surface area contributed by atoms with Crippen molar-refractivity contribution in [3.63, 3.8) is 0 Å². The first-order chi connectivity index (χ1) is 12.9. The number of nitrogens with zero attached hydrogens (tertiary/aromatic N) is 3. The molecule has 1 unspecified atom stereocenters. The first-order valence-electron chi connectivity index (χ1n) is 8.80. The number of rotatable bonds is 3. The summed E-state index contributed by atoms with van der Waals surface area (Å²) in [6.07, 6.45) is 2.58. The molecule has 0 amide bonds. The third-order valence-electron chi connectivity index (χ3n) is 5.14. The zero-order valence-electron chi connectivity index (χ0n) is 14.6. The van der Waals surface area contributed by atoms with Crippen LogP contribution < -0.4 is 0 Å². The van der Waals surface area contributed by atoms with Crippen LogP contribution in [0.15, 0.2) is 42.7 Å². The summed E-state index contributed by atoms with van der Waals surface area (Å²) in [5, 5.41) is 11.3. The van der Waals surface area contributed by atoms with Crippen LogP contribution in [0.2, 0.25) is 0 Å². The SMILES string of the molecule is Cc1cn2ccc(-c3ccc4cc(C(O)C5CC(F)(F)C5)sc4n3)cc2n1. The second-order valence-corrected chi connectivity index (χ2v) is 8.33. The molecule has 7 heteroatoms. The maximum Gasteiger partial charge on any atom is 0.248 e. The molecule has 0 aromatic carbocycles. The van der Waals surface area contributed by atoms with Crippen LogP contribution in [0.5, 0.6) is 0 Å². The van der Waals surface area contributed by atoms with Gasteiger partial charge in [-0.3, -0.25) is 0 Å². The van der Waals surface area contributed by atoms with Crippen molar-refractivity contribution in [2.24, 2.45) is 5.92 Å². The van der Waals surface area contributed by atoms with Gasteiger partial charge in [-0.05, 0) is 37.3 Å². The number of aliphatic hydroxyl groups is 1. The van der Waals surface area contributed by atoms with E-state index in [9.17, 15) is 13.9 Å². The fourth-order valence-electron chi connectivity index (χ4n) is 3.67. The third kappa shape index (κ3) is 2.91. The molecule has 0 bridgehead atoms. The van der Waals surface area contributed by atoms with Crippen LogP contribution in [0.1, 0.15) is 29.5 Å². The lowest BCUT2D eigenvalue weighted by Crippen LogP contribution is -2.38. The first kappa shape index (κ1) is 16.8. The van der Waals surface area contributed by atoms with Crippen LogP contribution in [0.4, 0.5) is 8.78 Å². The Morgan fingerprint density at radius 3 is 2.81 bits per heavy atom. The molecule has 1 N–H and O–H groups in total. The lowest BCUT2D eigenvalue weighted by atomic mass is 9.77. The highest BCUT2D eigenvalue weighted by Gasteiger charge is 2.48. The molecule has 1 saturated carbocycles. The van der Waals surface area contributed by atoms with Gasteiger partial charge in [0.15, 0.2) is 0 Å². The van der Waals surface area contributed by atoms with E-state index in [4.69, 9.17) is 4.98 Å². The zero-order chi connectivity index (χ0) is 18.8. The van der Waals surface area contributed by atoms with E-state index in [2.05, 4.69) is 4.98 Å². The normalized spacial score (nSPS) is 18.1. The highest BCUT2D eigenvalue weighted by Crippen LogP contribution is 2.49. The van der Waals surface area contributed by atoms with Crippen molar-refractivity contribution in [1.29, 1.82) is 0 Å². The number of alkyl halides is 2. The molecule has 4 nitrogen and oxygen atoms in total. The lowest BCUT2D eigenvalue weighted by molar-refractivity contribution is -0.141. The number of imidazole rings is 1. The maximum atomic E-state index is 13.1. The number of halogens is 2. The highest BCUT2D eigenvalue weighted by molar-refractivity contribution is 7.18. The third-order valence-corrected chi connectivity index (χ3v) is 6.25. The second kappa shape index (κ2) is 5.81. The van der Waals surface area contributed by atoms with E-state index in [1.807, 2.05) is 54.0 Å². The largest absolute Gasteiger partial charge is 0.387 e. The first-order valence-corrected chi connectivity index (χ1v) is 9.62. The van der Waals surface area contributed by atoms with E-state index in [0.29, 0.717) is 4.88 Å². The van der Waals surface area contributed by atoms with E-state index in [-0.39, 0.29) is 18.8 Å². The quantitative estimate of drug-likeness (QED) is 0.540. The molecule has 4 aromatic heterocycles. The number of pyridine rings is 2. The van der Waals surface area contributed by atoms with Crippen molar-refractivity contribution >= 4 is 27.2 Å². The van der Waals surface area contributed by atoms with Crippen molar-refractivity contribution < 1.29 is 13.9 Å². The van der Waals surface area contributed by atoms with Gasteiger partial charge in [0.2, 0.25) is 5.92 Å². The van der Waals surface area contributed by atoms with E-state index in [1.165, 1.54) is 11.3 Å². The Balaban J connectivity index is 1.47. The highest BCUT2D eigenvalue weighted by atomic mass is 32.1. The fraction of sp³-hybridized carbons (Fsp3) is 0.300. The number of aryl methyl sites for hydroxylation is 1. The summed E-state index contributed by atoms with van der Waals surface area (Å²) in [5.74, 6) is -3.00. The topological polar surface area (TPSA) is 50.4 Å². The number of hydrogen-bond donors (Lipinski definition) is 1. The molecular weight excluding hydrogens is 368 g/mol. The Morgan fingerprint density at radius 1 is 1.22 bits per heavy atom. The Labute approximate surface area is 158 Å². The van der Waals surface area contributed by atoms with Gasteiger partial charge in [-0.25, -0.2) is 18.7 Å². The van der Waals surface area contributed by atoms with Crippen LogP contribution in [0, 0.1) is 12.8 Å². The number of aromatic nitrogens is 3. The summed E-state index contributed by atoms with van der Waals surface area (Å²) < 4.78 is 28.2. The Bertz CT molecular complexity index is 1160. The molecule has 27 heavy (non-hydrogen) atoms. The molecular formula is C20H17F2N3OS. The van der Waals surface area contributed by atoms with Crippen molar-refractivity contribution in [2.75, 3.05) is 0 Å². The van der Waals surface area contributed by atoms with Gasteiger partial charge in [0.05, 0.1) is 17.5 Å². The standard InChI is InChI=1S/C20H17F2N3OS/c1-11-10-25-5-4-12(7-17(25)23-11)15-3-2-13-6-16(27-19(13)24-15)18(26)14-8-20(21,22)9-14/h2-7,10,14,18,26H,8-9H2,1H3. The predicted molar refractivity (Wildman–Crippen MR) is 101 cm³/mol. The van der Waals surface area contributed by atoms with Gasteiger partial charge in [0.1, 0.15) is 10.5 Å². The number of hydrogen-bond acceptors (Lipinski definition) is 4. The second-order valence-electron chi connectivity index (χ2n) is 7.27. The van der Waals surface area contributed by atoms with Gasteiger partial charge in [-0.15, -0.1) is 11.3 Å². The number of aliphatic hydroxyl groups excluding tert-OH is 1. The van der Waals surface area contributed by atoms with Crippen LogP contribution in [-0.4, -0.2) is 25.4 Å². The summed E-state index contributed by atoms with van der Waals surface area (Å²) in [4.78, 5) is 10.7. The van der Waals surface area contributed by atoms with Crippen LogP contribution in [0.25, 0.3) is 27.1 Å². The van der Waals surface area contributed by atoms with Gasteiger partial charge >= 0.3 is 0 Å². The molecule has 0 radical (unpaired) electrons. The summed E-state index contributed by atoms with van der Waals surface area (Å²) in [5.41, 5.74) is 3.60. The average molecular weight is 385 g/mol. The number of thiophene rings is 1. The molecule has 4 heterocycles. The van der Waals surface area contributed by atoms with Gasteiger partial charge in [0.25, 0.3) is 0 Å². The summed E-state index contributed by atoms with van der Waals surface area (Å²) in [7, 11) is 0. The Hall–Kier alpha value is -2.38. The predicted octanol–water partition coefficient (Wildman–Crippen LogP) is 5.00. The Morgan fingerprint density at radius 2 is 2.04 bits per heavy atom. The fourth-order valence-corrected chi connectivity index (χ4v) is 4.79. The van der Waals surface area contributed by atoms with Gasteiger partial charge in [-0.2, -0.15) is 0 Å². The number of fused-ring (bicyclic) bond motifs is 2. The molecule has 0 aliphatic heterocycles. The minimum absolute atomic E-state index is 0.245. The summed E-state index contributed by atoms with van der Waals surface area (Å²) >= 11 is 1.37. The average Bonchev–Trinajstić information content (AvgIpc) is 3.19. The van der Waals surface area contributed by atoms with Gasteiger partial charge in [0, 0.05) is 47.0 Å². The molecule has 138 valence electrons. The van der Waals surface area contributed by atoms with Gasteiger partial charge < -0.3 is 9.51 Å². The molecule has 1 aliphatic carbocycles. The van der Waals surface area contributed by atoms with E-state index in [1.54, 1.807) is 0 Å². The monoisotopic (exact) mass is 385 g/mol. The minimum atomic E-state index is -2.63. The molecule has 4 aromatic rings. The van der Waals surface area contributed by atoms with Crippen LogP contribution in [0.3, 0.4) is 0 Å². The van der Waals surface area contributed by atoms with Crippen molar-refractivity contribution in [1.82, 2.24) is 14.4 Å². The molecule has 1 aliphatic rings. The molecule has 5 rings (SSSR count). The molecule has 0 saturated heterocycles. The Kier molecular flexibility index (Phi) is 3.61. The molecule has 0 spiro atoms. The summed E-state index contributed by atoms with van der Waals surface area (Å²) in [6.45, 7) is 1.95. The van der Waals surface area contributed by atoms with Crippen molar-refractivity contribution in [3.8, 4) is 11.3 Å². The zero-order valence-corrected chi connectivity index (χ0v) is 15.4. The smallest absolute Gasteiger partial charge is 0.248 e. The maximum absolute atomic E-state index is 13.1. The molecule has 1 atom stereocenters. The van der Waals surface area contributed by atoms with Crippen LogP contribution >= 0.6 is 11.3 Å². The van der Waals surface area contributed by atoms with E-state index >= 15 is 0 Å². The lowest BCUT2D eigenvalue weighted by Gasteiger charge is -2.37. The van der Waals surface area contributed by atoms with Crippen molar-refractivity contribution in [2.45, 2.75) is 31.8 Å². The van der Waals surface area contributed by atoms with Crippen LogP contribution in [-0.2, 0) is 0 Å². The van der Waals surface area contributed by atoms with E-state index < -0.39 is 12.0 Å². The molecule has 1 fully saturated rings. The summed E-state index contributed by atoms with van der Waals surface area (Å²) in [6, 6.07) is 9.73. The minimum Gasteiger partial charge on any atom is -0.387 e. The van der Waals surface area contributed by atoms with Crippen molar-refractivity contribution in [3.05, 3.63) is 53.3 Å². The van der Waals surface area contributed by atoms with Gasteiger partial charge in [-0.1, -0.05) is 0 Å².